The molecule has 1 aromatic heterocycles. The van der Waals surface area contributed by atoms with Gasteiger partial charge >= 0.3 is 0 Å². The molecule has 8 heteroatoms. The molecule has 5 rings (SSSR count). The first-order chi connectivity index (χ1) is 16.6. The molecule has 2 aromatic carbocycles. The van der Waals surface area contributed by atoms with Gasteiger partial charge in [0.1, 0.15) is 5.75 Å². The molecule has 1 N–H and O–H groups in total. The summed E-state index contributed by atoms with van der Waals surface area (Å²) in [5.41, 5.74) is 1.68. The number of hydrogen-bond donors (Lipinski definition) is 1. The number of nitrogens with one attached hydrogen (secondary N) is 1. The Balaban J connectivity index is 1.08. The van der Waals surface area contributed by atoms with E-state index in [0.717, 1.165) is 55.8 Å². The molecule has 3 aromatic rings. The first kappa shape index (κ1) is 22.9. The number of aromatic nitrogens is 2. The fraction of sp³-hybridized carbons (Fsp3) is 0.423. The molecule has 0 radical (unpaired) electrons. The van der Waals surface area contributed by atoms with E-state index in [0.29, 0.717) is 29.4 Å². The molecule has 1 amide bonds. The summed E-state index contributed by atoms with van der Waals surface area (Å²) < 4.78 is 11.4. The molecule has 2 heterocycles. The van der Waals surface area contributed by atoms with Crippen LogP contribution >= 0.6 is 11.6 Å². The van der Waals surface area contributed by atoms with E-state index in [1.807, 2.05) is 36.4 Å². The summed E-state index contributed by atoms with van der Waals surface area (Å²) >= 11 is 5.94. The van der Waals surface area contributed by atoms with Crippen molar-refractivity contribution in [2.24, 2.45) is 5.92 Å². The number of ether oxygens (including phenoxy) is 1. The fourth-order valence-corrected chi connectivity index (χ4v) is 4.77. The second-order valence-electron chi connectivity index (χ2n) is 9.11. The van der Waals surface area contributed by atoms with Crippen LogP contribution < -0.4 is 10.1 Å². The molecule has 2 aliphatic rings. The zero-order valence-electron chi connectivity index (χ0n) is 19.1. The van der Waals surface area contributed by atoms with Crippen molar-refractivity contribution in [3.8, 4) is 17.1 Å². The number of piperidine rings is 1. The second-order valence-corrected chi connectivity index (χ2v) is 9.54. The minimum absolute atomic E-state index is 0.00187. The van der Waals surface area contributed by atoms with Crippen LogP contribution in [-0.4, -0.2) is 40.1 Å². The Bertz CT molecular complexity index is 1090. The minimum Gasteiger partial charge on any atom is -0.490 e. The Morgan fingerprint density at radius 3 is 2.44 bits per heavy atom. The number of likely N-dealkylation sites (tertiary alicyclic amines) is 1. The van der Waals surface area contributed by atoms with Crippen molar-refractivity contribution in [1.29, 1.82) is 0 Å². The van der Waals surface area contributed by atoms with E-state index in [1.54, 1.807) is 12.1 Å². The van der Waals surface area contributed by atoms with Crippen LogP contribution in [0.4, 0.5) is 5.69 Å². The van der Waals surface area contributed by atoms with Gasteiger partial charge in [0.05, 0.1) is 12.6 Å². The highest BCUT2D eigenvalue weighted by Crippen LogP contribution is 2.26. The SMILES string of the molecule is O=C(Nc1ccc(OC2CCCC2)cc1)C1CCN(Cc2nc(-c3ccc(Cl)cc3)no2)CC1. The summed E-state index contributed by atoms with van der Waals surface area (Å²) in [5, 5.41) is 7.81. The van der Waals surface area contributed by atoms with Crippen molar-refractivity contribution in [2.75, 3.05) is 18.4 Å². The quantitative estimate of drug-likeness (QED) is 0.476. The van der Waals surface area contributed by atoms with E-state index < -0.39 is 0 Å². The third-order valence-electron chi connectivity index (χ3n) is 6.61. The van der Waals surface area contributed by atoms with Crippen LogP contribution in [0.15, 0.2) is 53.1 Å². The van der Waals surface area contributed by atoms with Crippen molar-refractivity contribution in [1.82, 2.24) is 15.0 Å². The lowest BCUT2D eigenvalue weighted by atomic mass is 9.96. The Morgan fingerprint density at radius 1 is 1.03 bits per heavy atom. The molecule has 7 nitrogen and oxygen atoms in total. The number of carbonyl (C=O) groups is 1. The Labute approximate surface area is 204 Å². The number of benzene rings is 2. The summed E-state index contributed by atoms with van der Waals surface area (Å²) in [6.07, 6.45) is 6.69. The molecule has 0 spiro atoms. The van der Waals surface area contributed by atoms with Crippen LogP contribution in [0, 0.1) is 5.92 Å². The molecular formula is C26H29ClN4O3. The van der Waals surface area contributed by atoms with E-state index in [4.69, 9.17) is 20.9 Å². The van der Waals surface area contributed by atoms with E-state index in [9.17, 15) is 4.79 Å². The van der Waals surface area contributed by atoms with Crippen molar-refractivity contribution < 1.29 is 14.1 Å². The molecule has 1 saturated heterocycles. The normalized spacial score (nSPS) is 17.7. The molecule has 0 bridgehead atoms. The molecule has 1 saturated carbocycles. The van der Waals surface area contributed by atoms with Crippen molar-refractivity contribution in [3.05, 3.63) is 59.4 Å². The number of amides is 1. The van der Waals surface area contributed by atoms with Gasteiger partial charge in [0.15, 0.2) is 0 Å². The molecule has 1 aliphatic heterocycles. The first-order valence-electron chi connectivity index (χ1n) is 12.0. The average Bonchev–Trinajstić information content (AvgIpc) is 3.54. The zero-order chi connectivity index (χ0) is 23.3. The predicted octanol–water partition coefficient (Wildman–Crippen LogP) is 5.56. The van der Waals surface area contributed by atoms with Gasteiger partial charge in [-0.25, -0.2) is 0 Å². The van der Waals surface area contributed by atoms with Gasteiger partial charge in [-0.05, 0) is 100 Å². The lowest BCUT2D eigenvalue weighted by molar-refractivity contribution is -0.121. The summed E-state index contributed by atoms with van der Waals surface area (Å²) in [7, 11) is 0. The number of hydrogen-bond acceptors (Lipinski definition) is 6. The van der Waals surface area contributed by atoms with E-state index in [2.05, 4.69) is 20.4 Å². The summed E-state index contributed by atoms with van der Waals surface area (Å²) in [6.45, 7) is 2.20. The lowest BCUT2D eigenvalue weighted by Crippen LogP contribution is -2.37. The van der Waals surface area contributed by atoms with Crippen LogP contribution in [-0.2, 0) is 11.3 Å². The maximum atomic E-state index is 12.8. The summed E-state index contributed by atoms with van der Waals surface area (Å²) in [5.74, 6) is 2.08. The van der Waals surface area contributed by atoms with Gasteiger partial charge < -0.3 is 14.6 Å². The summed E-state index contributed by atoms with van der Waals surface area (Å²) in [6, 6.07) is 15.1. The third kappa shape index (κ3) is 5.77. The molecule has 2 fully saturated rings. The molecule has 0 atom stereocenters. The second kappa shape index (κ2) is 10.6. The van der Waals surface area contributed by atoms with E-state index >= 15 is 0 Å². The molecule has 1 aliphatic carbocycles. The van der Waals surface area contributed by atoms with Gasteiger partial charge in [-0.1, -0.05) is 16.8 Å². The highest BCUT2D eigenvalue weighted by molar-refractivity contribution is 6.30. The van der Waals surface area contributed by atoms with E-state index in [1.165, 1.54) is 12.8 Å². The van der Waals surface area contributed by atoms with Crippen LogP contribution in [0.1, 0.15) is 44.4 Å². The Morgan fingerprint density at radius 2 is 1.74 bits per heavy atom. The summed E-state index contributed by atoms with van der Waals surface area (Å²) in [4.78, 5) is 19.5. The van der Waals surface area contributed by atoms with Crippen LogP contribution in [0.5, 0.6) is 5.75 Å². The number of anilines is 1. The monoisotopic (exact) mass is 480 g/mol. The Kier molecular flexibility index (Phi) is 7.11. The highest BCUT2D eigenvalue weighted by Gasteiger charge is 2.26. The van der Waals surface area contributed by atoms with Gasteiger partial charge in [0.25, 0.3) is 0 Å². The van der Waals surface area contributed by atoms with Gasteiger partial charge in [0.2, 0.25) is 17.6 Å². The largest absolute Gasteiger partial charge is 0.490 e. The maximum absolute atomic E-state index is 12.8. The van der Waals surface area contributed by atoms with Crippen LogP contribution in [0.25, 0.3) is 11.4 Å². The average molecular weight is 481 g/mol. The van der Waals surface area contributed by atoms with Gasteiger partial charge in [-0.2, -0.15) is 4.98 Å². The topological polar surface area (TPSA) is 80.5 Å². The maximum Gasteiger partial charge on any atom is 0.241 e. The van der Waals surface area contributed by atoms with Crippen molar-refractivity contribution in [2.45, 2.75) is 51.2 Å². The standard InChI is InChI=1S/C26H29ClN4O3/c27-20-7-5-18(6-8-20)25-29-24(34-30-25)17-31-15-13-19(14-16-31)26(32)28-21-9-11-23(12-10-21)33-22-3-1-2-4-22/h5-12,19,22H,1-4,13-17H2,(H,28,32). The molecule has 0 unspecified atom stereocenters. The predicted molar refractivity (Wildman–Crippen MR) is 131 cm³/mol. The van der Waals surface area contributed by atoms with Crippen LogP contribution in [0.2, 0.25) is 5.02 Å². The van der Waals surface area contributed by atoms with Gasteiger partial charge in [0, 0.05) is 22.2 Å². The fourth-order valence-electron chi connectivity index (χ4n) is 4.64. The van der Waals surface area contributed by atoms with Gasteiger partial charge in [-0.3, -0.25) is 9.69 Å². The van der Waals surface area contributed by atoms with Crippen molar-refractivity contribution >= 4 is 23.2 Å². The van der Waals surface area contributed by atoms with Gasteiger partial charge in [-0.15, -0.1) is 0 Å². The van der Waals surface area contributed by atoms with E-state index in [-0.39, 0.29) is 11.8 Å². The van der Waals surface area contributed by atoms with Crippen molar-refractivity contribution in [3.63, 3.8) is 0 Å². The highest BCUT2D eigenvalue weighted by atomic mass is 35.5. The number of nitrogens with zero attached hydrogens (tertiary/aromatic N) is 3. The van der Waals surface area contributed by atoms with Crippen LogP contribution in [0.3, 0.4) is 0 Å². The number of carbonyl (C=O) groups excluding carboxylic acids is 1. The first-order valence-corrected chi connectivity index (χ1v) is 12.4. The smallest absolute Gasteiger partial charge is 0.241 e. The molecule has 34 heavy (non-hydrogen) atoms. The Hall–Kier alpha value is -2.90. The molecular weight excluding hydrogens is 452 g/mol. The third-order valence-corrected chi connectivity index (χ3v) is 6.87. The zero-order valence-corrected chi connectivity index (χ0v) is 19.8. The number of halogens is 1. The molecule has 178 valence electrons. The minimum atomic E-state index is -0.00187. The lowest BCUT2D eigenvalue weighted by Gasteiger charge is -2.30. The number of rotatable bonds is 7.